The molecule has 3 aromatic rings. The molecule has 0 spiro atoms. The molecule has 3 aromatic carbocycles. The van der Waals surface area contributed by atoms with Crippen molar-refractivity contribution in [2.24, 2.45) is 17.8 Å². The molecule has 2 saturated carbocycles. The zero-order chi connectivity index (χ0) is 29.8. The van der Waals surface area contributed by atoms with Gasteiger partial charge in [0, 0.05) is 5.92 Å². The van der Waals surface area contributed by atoms with Gasteiger partial charge in [0.05, 0.1) is 0 Å². The minimum Gasteiger partial charge on any atom is -0.0998 e. The maximum Gasteiger partial charge on any atom is 0.000174 e. The minimum atomic E-state index is 0.511. The molecule has 0 saturated heterocycles. The van der Waals surface area contributed by atoms with E-state index in [1.807, 2.05) is 0 Å². The highest BCUT2D eigenvalue weighted by Crippen LogP contribution is 2.49. The molecule has 0 aliphatic heterocycles. The Kier molecular flexibility index (Phi) is 7.45. The summed E-state index contributed by atoms with van der Waals surface area (Å²) in [6.07, 6.45) is 16.5. The van der Waals surface area contributed by atoms with E-state index in [9.17, 15) is 0 Å². The SMILES string of the molecule is C=C(C)Cc1c(C)cc2c(c1-c1ccc(C)cc1)CC(c1ccc3c(c1)C(C1CCC(C(=C)C4CCC4)CC1)=CC3C)=C2. The third kappa shape index (κ3) is 5.22. The van der Waals surface area contributed by atoms with E-state index in [-0.39, 0.29) is 0 Å². The predicted octanol–water partition coefficient (Wildman–Crippen LogP) is 11.8. The number of allylic oxidation sites excluding steroid dienone is 5. The van der Waals surface area contributed by atoms with Gasteiger partial charge in [-0.15, -0.1) is 0 Å². The van der Waals surface area contributed by atoms with Crippen LogP contribution in [0.1, 0.15) is 109 Å². The molecule has 0 bridgehead atoms. The van der Waals surface area contributed by atoms with Crippen LogP contribution in [-0.2, 0) is 12.8 Å². The van der Waals surface area contributed by atoms with Crippen molar-refractivity contribution in [2.45, 2.75) is 91.4 Å². The van der Waals surface area contributed by atoms with Crippen molar-refractivity contribution in [2.75, 3.05) is 0 Å². The lowest BCUT2D eigenvalue weighted by atomic mass is 9.69. The summed E-state index contributed by atoms with van der Waals surface area (Å²) in [6, 6.07) is 18.9. The van der Waals surface area contributed by atoms with Crippen LogP contribution in [-0.4, -0.2) is 0 Å². The van der Waals surface area contributed by atoms with E-state index in [1.54, 1.807) is 11.1 Å². The number of fused-ring (bicyclic) bond motifs is 2. The summed E-state index contributed by atoms with van der Waals surface area (Å²) >= 11 is 0. The molecule has 2 fully saturated rings. The van der Waals surface area contributed by atoms with E-state index in [1.165, 1.54) is 112 Å². The van der Waals surface area contributed by atoms with Crippen molar-refractivity contribution in [1.82, 2.24) is 0 Å². The molecule has 0 heteroatoms. The van der Waals surface area contributed by atoms with Crippen LogP contribution in [0.3, 0.4) is 0 Å². The molecule has 43 heavy (non-hydrogen) atoms. The van der Waals surface area contributed by atoms with Crippen LogP contribution < -0.4 is 0 Å². The largest absolute Gasteiger partial charge is 0.0998 e. The normalized spacial score (nSPS) is 22.8. The Labute approximate surface area is 260 Å². The average molecular weight is 565 g/mol. The fourth-order valence-electron chi connectivity index (χ4n) is 8.56. The molecule has 0 radical (unpaired) electrons. The van der Waals surface area contributed by atoms with Crippen molar-refractivity contribution < 1.29 is 0 Å². The molecular formula is C43H48. The highest BCUT2D eigenvalue weighted by molar-refractivity contribution is 5.94. The van der Waals surface area contributed by atoms with Crippen molar-refractivity contribution in [3.63, 3.8) is 0 Å². The molecule has 0 heterocycles. The first kappa shape index (κ1) is 28.4. The summed E-state index contributed by atoms with van der Waals surface area (Å²) in [5.74, 6) is 2.79. The minimum absolute atomic E-state index is 0.511. The van der Waals surface area contributed by atoms with Crippen LogP contribution in [0, 0.1) is 31.6 Å². The number of rotatable bonds is 7. The van der Waals surface area contributed by atoms with Gasteiger partial charge in [0.15, 0.2) is 0 Å². The molecule has 0 amide bonds. The van der Waals surface area contributed by atoms with Crippen LogP contribution in [0.2, 0.25) is 0 Å². The van der Waals surface area contributed by atoms with Crippen LogP contribution in [0.5, 0.6) is 0 Å². The first-order chi connectivity index (χ1) is 20.8. The van der Waals surface area contributed by atoms with Gasteiger partial charge in [-0.25, -0.2) is 0 Å². The van der Waals surface area contributed by atoms with Crippen LogP contribution >= 0.6 is 0 Å². The quantitative estimate of drug-likeness (QED) is 0.250. The molecule has 1 atom stereocenters. The van der Waals surface area contributed by atoms with Gasteiger partial charge in [0.2, 0.25) is 0 Å². The third-order valence-electron chi connectivity index (χ3n) is 11.3. The smallest absolute Gasteiger partial charge is 0.000174 e. The predicted molar refractivity (Wildman–Crippen MR) is 186 cm³/mol. The monoisotopic (exact) mass is 564 g/mol. The number of aryl methyl sites for hydroxylation is 2. The van der Waals surface area contributed by atoms with E-state index < -0.39 is 0 Å². The Morgan fingerprint density at radius 1 is 0.837 bits per heavy atom. The molecule has 220 valence electrons. The molecule has 1 unspecified atom stereocenters. The summed E-state index contributed by atoms with van der Waals surface area (Å²) in [7, 11) is 0. The zero-order valence-electron chi connectivity index (χ0n) is 26.9. The van der Waals surface area contributed by atoms with Crippen LogP contribution in [0.25, 0.3) is 28.3 Å². The van der Waals surface area contributed by atoms with Crippen LogP contribution in [0.15, 0.2) is 78.9 Å². The summed E-state index contributed by atoms with van der Waals surface area (Å²) in [5.41, 5.74) is 20.1. The van der Waals surface area contributed by atoms with Gasteiger partial charge in [-0.1, -0.05) is 97.8 Å². The average Bonchev–Trinajstić information content (AvgIpc) is 3.53. The van der Waals surface area contributed by atoms with Gasteiger partial charge >= 0.3 is 0 Å². The highest BCUT2D eigenvalue weighted by Gasteiger charge is 2.33. The van der Waals surface area contributed by atoms with E-state index >= 15 is 0 Å². The van der Waals surface area contributed by atoms with Gasteiger partial charge in [-0.3, -0.25) is 0 Å². The summed E-state index contributed by atoms with van der Waals surface area (Å²) < 4.78 is 0. The van der Waals surface area contributed by atoms with E-state index in [2.05, 4.69) is 102 Å². The fraction of sp³-hybridized carbons (Fsp3) is 0.395. The van der Waals surface area contributed by atoms with E-state index in [0.29, 0.717) is 11.8 Å². The van der Waals surface area contributed by atoms with Gasteiger partial charge < -0.3 is 0 Å². The highest BCUT2D eigenvalue weighted by atomic mass is 14.4. The molecule has 0 nitrogen and oxygen atoms in total. The molecular weight excluding hydrogens is 516 g/mol. The Balaban J connectivity index is 1.17. The standard InChI is InChI=1S/C43H48/c1-26(2)20-39-28(4)21-37-23-36(25-41(37)43(39)34-12-10-27(3)11-13-34)35-18-19-38-29(5)22-40(42(38)24-35)33-16-14-32(15-17-33)30(6)31-8-7-9-31/h10-13,18-19,21-24,29,31-33H,1,6-9,14-17,20,25H2,2-5H3. The number of hydrogen-bond acceptors (Lipinski definition) is 0. The second kappa shape index (κ2) is 11.3. The van der Waals surface area contributed by atoms with Crippen molar-refractivity contribution in [3.05, 3.63) is 123 Å². The summed E-state index contributed by atoms with van der Waals surface area (Å²) in [6.45, 7) is 17.9. The lowest BCUT2D eigenvalue weighted by molar-refractivity contribution is 0.284. The molecule has 0 aromatic heterocycles. The molecule has 4 aliphatic carbocycles. The first-order valence-corrected chi connectivity index (χ1v) is 16.9. The van der Waals surface area contributed by atoms with Gasteiger partial charge in [-0.05, 0) is 157 Å². The molecule has 0 N–H and O–H groups in total. The lowest BCUT2D eigenvalue weighted by Gasteiger charge is -2.37. The van der Waals surface area contributed by atoms with Gasteiger partial charge in [0.1, 0.15) is 0 Å². The zero-order valence-corrected chi connectivity index (χ0v) is 26.9. The fourth-order valence-corrected chi connectivity index (χ4v) is 8.56. The van der Waals surface area contributed by atoms with Gasteiger partial charge in [0.25, 0.3) is 0 Å². The number of hydrogen-bond donors (Lipinski definition) is 0. The Hall–Kier alpha value is -3.38. The van der Waals surface area contributed by atoms with Crippen molar-refractivity contribution >= 4 is 17.2 Å². The Morgan fingerprint density at radius 3 is 2.21 bits per heavy atom. The van der Waals surface area contributed by atoms with E-state index in [0.717, 1.165) is 24.7 Å². The Bertz CT molecular complexity index is 1660. The van der Waals surface area contributed by atoms with Crippen molar-refractivity contribution in [1.29, 1.82) is 0 Å². The third-order valence-corrected chi connectivity index (χ3v) is 11.3. The van der Waals surface area contributed by atoms with E-state index in [4.69, 9.17) is 0 Å². The summed E-state index contributed by atoms with van der Waals surface area (Å²) in [5, 5.41) is 0. The topological polar surface area (TPSA) is 0 Å². The number of benzene rings is 3. The maximum absolute atomic E-state index is 4.57. The van der Waals surface area contributed by atoms with Crippen LogP contribution in [0.4, 0.5) is 0 Å². The second-order valence-corrected chi connectivity index (χ2v) is 14.4. The lowest BCUT2D eigenvalue weighted by Crippen LogP contribution is -2.23. The second-order valence-electron chi connectivity index (χ2n) is 14.4. The summed E-state index contributed by atoms with van der Waals surface area (Å²) in [4.78, 5) is 0. The molecule has 4 aliphatic rings. The Morgan fingerprint density at radius 2 is 1.53 bits per heavy atom. The van der Waals surface area contributed by atoms with Gasteiger partial charge in [-0.2, -0.15) is 0 Å². The van der Waals surface area contributed by atoms with Crippen molar-refractivity contribution in [3.8, 4) is 11.1 Å². The first-order valence-electron chi connectivity index (χ1n) is 16.9. The molecule has 7 rings (SSSR count). The maximum atomic E-state index is 4.57.